The van der Waals surface area contributed by atoms with Gasteiger partial charge in [0, 0.05) is 25.3 Å². The second kappa shape index (κ2) is 4.52. The van der Waals surface area contributed by atoms with Crippen LogP contribution in [0.3, 0.4) is 0 Å². The summed E-state index contributed by atoms with van der Waals surface area (Å²) in [6.45, 7) is 3.89. The third-order valence-electron chi connectivity index (χ3n) is 2.50. The number of Topliss-reactive ketones (excluding diaryl/α,β-unsaturated/α-hetero) is 1. The van der Waals surface area contributed by atoms with Crippen LogP contribution < -0.4 is 4.90 Å². The fourth-order valence-corrected chi connectivity index (χ4v) is 1.74. The fourth-order valence-electron chi connectivity index (χ4n) is 1.74. The third-order valence-corrected chi connectivity index (χ3v) is 2.50. The summed E-state index contributed by atoms with van der Waals surface area (Å²) in [4.78, 5) is 13.6. The van der Waals surface area contributed by atoms with Crippen molar-refractivity contribution < 1.29 is 4.79 Å². The summed E-state index contributed by atoms with van der Waals surface area (Å²) >= 11 is 0. The van der Waals surface area contributed by atoms with Crippen LogP contribution in [0.15, 0.2) is 12.1 Å². The van der Waals surface area contributed by atoms with E-state index in [0.717, 1.165) is 22.4 Å². The molecule has 0 aromatic heterocycles. The molecule has 15 heavy (non-hydrogen) atoms. The molecule has 0 spiro atoms. The smallest absolute Gasteiger partial charge is 0.154 e. The van der Waals surface area contributed by atoms with Crippen LogP contribution in [0.1, 0.15) is 21.5 Å². The predicted octanol–water partition coefficient (Wildman–Crippen LogP) is 2.14. The van der Waals surface area contributed by atoms with Gasteiger partial charge in [-0.1, -0.05) is 0 Å². The first-order valence-corrected chi connectivity index (χ1v) is 4.99. The van der Waals surface area contributed by atoms with Crippen LogP contribution in [0.2, 0.25) is 6.32 Å². The van der Waals surface area contributed by atoms with E-state index in [-0.39, 0.29) is 12.1 Å². The number of nitrogens with zero attached hydrogens (tertiary/aromatic N) is 1. The average Bonchev–Trinajstić information content (AvgIpc) is 2.16. The van der Waals surface area contributed by atoms with E-state index in [2.05, 4.69) is 0 Å². The summed E-state index contributed by atoms with van der Waals surface area (Å²) in [7, 11) is 9.35. The summed E-state index contributed by atoms with van der Waals surface area (Å²) in [5.74, 6) is 0.00954. The van der Waals surface area contributed by atoms with Gasteiger partial charge in [0.05, 0.1) is 7.85 Å². The maximum Gasteiger partial charge on any atom is 0.154 e. The van der Waals surface area contributed by atoms with E-state index < -0.39 is 0 Å². The zero-order valence-corrected chi connectivity index (χ0v) is 9.79. The molecule has 1 aromatic carbocycles. The Morgan fingerprint density at radius 3 is 2.07 bits per heavy atom. The molecule has 0 aliphatic carbocycles. The minimum atomic E-state index is 0.00954. The van der Waals surface area contributed by atoms with Crippen molar-refractivity contribution in [1.82, 2.24) is 0 Å². The van der Waals surface area contributed by atoms with Crippen LogP contribution in [-0.4, -0.2) is 27.7 Å². The van der Waals surface area contributed by atoms with Gasteiger partial charge in [-0.15, -0.1) is 0 Å². The number of hydrogen-bond acceptors (Lipinski definition) is 2. The van der Waals surface area contributed by atoms with E-state index in [1.165, 1.54) is 0 Å². The Kier molecular flexibility index (Phi) is 3.56. The molecule has 2 nitrogen and oxygen atoms in total. The number of carbonyl (C=O) groups excluding carboxylic acids is 1. The fraction of sp³-hybridized carbons (Fsp3) is 0.417. The van der Waals surface area contributed by atoms with E-state index in [1.807, 2.05) is 45.0 Å². The average molecular weight is 201 g/mol. The SMILES string of the molecule is [B]CC(=O)c1c(C)cc(N(C)C)cc1C. The van der Waals surface area contributed by atoms with Crippen molar-refractivity contribution in [1.29, 1.82) is 0 Å². The predicted molar refractivity (Wildman–Crippen MR) is 65.1 cm³/mol. The molecule has 0 aliphatic rings. The van der Waals surface area contributed by atoms with Gasteiger partial charge in [-0.3, -0.25) is 4.79 Å². The number of benzene rings is 1. The van der Waals surface area contributed by atoms with Crippen molar-refractivity contribution in [2.45, 2.75) is 20.2 Å². The van der Waals surface area contributed by atoms with E-state index >= 15 is 0 Å². The molecule has 0 heterocycles. The summed E-state index contributed by atoms with van der Waals surface area (Å²) in [5.41, 5.74) is 3.87. The van der Waals surface area contributed by atoms with Crippen LogP contribution in [0, 0.1) is 13.8 Å². The van der Waals surface area contributed by atoms with E-state index in [4.69, 9.17) is 7.85 Å². The Labute approximate surface area is 92.7 Å². The Balaban J connectivity index is 3.27. The van der Waals surface area contributed by atoms with Crippen molar-refractivity contribution in [2.24, 2.45) is 0 Å². The van der Waals surface area contributed by atoms with Crippen LogP contribution in [0.4, 0.5) is 5.69 Å². The molecule has 0 amide bonds. The molecule has 3 heteroatoms. The maximum absolute atomic E-state index is 11.6. The zero-order chi connectivity index (χ0) is 11.6. The largest absolute Gasteiger partial charge is 0.378 e. The van der Waals surface area contributed by atoms with E-state index in [9.17, 15) is 4.79 Å². The maximum atomic E-state index is 11.6. The van der Waals surface area contributed by atoms with Crippen molar-refractivity contribution in [2.75, 3.05) is 19.0 Å². The van der Waals surface area contributed by atoms with Gasteiger partial charge in [0.1, 0.15) is 0 Å². The molecular weight excluding hydrogens is 185 g/mol. The molecule has 2 radical (unpaired) electrons. The topological polar surface area (TPSA) is 20.3 Å². The minimum Gasteiger partial charge on any atom is -0.378 e. The Morgan fingerprint density at radius 1 is 1.27 bits per heavy atom. The number of carbonyl (C=O) groups is 1. The lowest BCUT2D eigenvalue weighted by Crippen LogP contribution is -2.11. The summed E-state index contributed by atoms with van der Waals surface area (Å²) in [6.07, 6.45) is 0.0724. The number of ketones is 1. The quantitative estimate of drug-likeness (QED) is 0.551. The van der Waals surface area contributed by atoms with Gasteiger partial charge in [-0.05, 0) is 43.4 Å². The van der Waals surface area contributed by atoms with Gasteiger partial charge in [0.25, 0.3) is 0 Å². The molecule has 1 aromatic rings. The van der Waals surface area contributed by atoms with Crippen molar-refractivity contribution in [3.05, 3.63) is 28.8 Å². The Morgan fingerprint density at radius 2 is 1.73 bits per heavy atom. The lowest BCUT2D eigenvalue weighted by atomic mass is 9.90. The van der Waals surface area contributed by atoms with Gasteiger partial charge >= 0.3 is 0 Å². The van der Waals surface area contributed by atoms with E-state index in [1.54, 1.807) is 0 Å². The van der Waals surface area contributed by atoms with Gasteiger partial charge in [-0.25, -0.2) is 0 Å². The molecule has 0 saturated carbocycles. The zero-order valence-electron chi connectivity index (χ0n) is 9.79. The van der Waals surface area contributed by atoms with Crippen LogP contribution in [0.5, 0.6) is 0 Å². The van der Waals surface area contributed by atoms with E-state index in [0.29, 0.717) is 0 Å². The second-order valence-electron chi connectivity index (χ2n) is 3.98. The van der Waals surface area contributed by atoms with Crippen LogP contribution in [-0.2, 0) is 0 Å². The Hall–Kier alpha value is -1.25. The van der Waals surface area contributed by atoms with Gasteiger partial charge in [-0.2, -0.15) is 0 Å². The molecule has 0 aliphatic heterocycles. The molecule has 0 unspecified atom stereocenters. The monoisotopic (exact) mass is 201 g/mol. The van der Waals surface area contributed by atoms with Crippen molar-refractivity contribution in [3.63, 3.8) is 0 Å². The lowest BCUT2D eigenvalue weighted by Gasteiger charge is -2.17. The lowest BCUT2D eigenvalue weighted by molar-refractivity contribution is 0.101. The molecule has 0 bridgehead atoms. The van der Waals surface area contributed by atoms with Gasteiger partial charge < -0.3 is 4.90 Å². The first-order chi connectivity index (χ1) is 6.97. The highest BCUT2D eigenvalue weighted by Crippen LogP contribution is 2.22. The standard InChI is InChI=1S/C12H16BNO/c1-8-5-10(14(3)4)6-9(2)12(8)11(15)7-13/h5-6H,7H2,1-4H3. The number of aryl methyl sites for hydroxylation is 2. The first-order valence-electron chi connectivity index (χ1n) is 4.99. The number of rotatable bonds is 3. The highest BCUT2D eigenvalue weighted by molar-refractivity contribution is 6.24. The molecule has 0 N–H and O–H groups in total. The Bertz CT molecular complexity index is 362. The van der Waals surface area contributed by atoms with Crippen molar-refractivity contribution >= 4 is 19.3 Å². The normalized spacial score (nSPS) is 10.1. The van der Waals surface area contributed by atoms with Gasteiger partial charge in [0.2, 0.25) is 0 Å². The second-order valence-corrected chi connectivity index (χ2v) is 3.98. The molecular formula is C12H16BNO. The summed E-state index contributed by atoms with van der Waals surface area (Å²) < 4.78 is 0. The highest BCUT2D eigenvalue weighted by Gasteiger charge is 2.11. The molecule has 78 valence electrons. The molecule has 0 atom stereocenters. The van der Waals surface area contributed by atoms with Crippen LogP contribution in [0.25, 0.3) is 0 Å². The minimum absolute atomic E-state index is 0.00954. The van der Waals surface area contributed by atoms with Crippen LogP contribution >= 0.6 is 0 Å². The molecule has 0 fully saturated rings. The highest BCUT2D eigenvalue weighted by atomic mass is 16.1. The summed E-state index contributed by atoms with van der Waals surface area (Å²) in [5, 5.41) is 0. The molecule has 1 rings (SSSR count). The third kappa shape index (κ3) is 2.41. The summed E-state index contributed by atoms with van der Waals surface area (Å²) in [6, 6.07) is 4.02. The molecule has 0 saturated heterocycles. The number of anilines is 1. The van der Waals surface area contributed by atoms with Crippen molar-refractivity contribution in [3.8, 4) is 0 Å². The number of hydrogen-bond donors (Lipinski definition) is 0. The van der Waals surface area contributed by atoms with Gasteiger partial charge in [0.15, 0.2) is 5.78 Å². The first kappa shape index (κ1) is 11.8.